The van der Waals surface area contributed by atoms with Crippen LogP contribution < -0.4 is 5.32 Å². The van der Waals surface area contributed by atoms with E-state index in [2.05, 4.69) is 31.1 Å². The average molecular weight is 264 g/mol. The van der Waals surface area contributed by atoms with Crippen LogP contribution in [0.1, 0.15) is 25.8 Å². The maximum absolute atomic E-state index is 13.1. The molecule has 18 heavy (non-hydrogen) atoms. The van der Waals surface area contributed by atoms with E-state index in [-0.39, 0.29) is 11.4 Å². The first-order valence-corrected chi connectivity index (χ1v) is 6.77. The maximum atomic E-state index is 13.1. The van der Waals surface area contributed by atoms with Crippen molar-refractivity contribution in [3.63, 3.8) is 0 Å². The number of rotatable bonds is 3. The number of thiazole rings is 1. The van der Waals surface area contributed by atoms with E-state index >= 15 is 0 Å². The van der Waals surface area contributed by atoms with Crippen LogP contribution >= 0.6 is 11.3 Å². The van der Waals surface area contributed by atoms with Crippen molar-refractivity contribution in [2.24, 2.45) is 0 Å². The summed E-state index contributed by atoms with van der Waals surface area (Å²) in [6.07, 6.45) is 0. The molecule has 0 aliphatic carbocycles. The number of halogens is 1. The molecule has 0 atom stereocenters. The molecule has 0 aliphatic rings. The summed E-state index contributed by atoms with van der Waals surface area (Å²) in [5.74, 6) is -0.227. The Labute approximate surface area is 111 Å². The fraction of sp³-hybridized carbons (Fsp3) is 0.357. The van der Waals surface area contributed by atoms with Crippen LogP contribution in [0, 0.1) is 5.82 Å². The Kier molecular flexibility index (Phi) is 3.78. The Bertz CT molecular complexity index is 529. The molecule has 0 radical (unpaired) electrons. The zero-order valence-electron chi connectivity index (χ0n) is 10.8. The molecule has 1 aromatic heterocycles. The van der Waals surface area contributed by atoms with Gasteiger partial charge in [-0.2, -0.15) is 0 Å². The van der Waals surface area contributed by atoms with E-state index in [1.54, 1.807) is 17.4 Å². The van der Waals surface area contributed by atoms with E-state index in [4.69, 9.17) is 0 Å². The molecule has 2 nitrogen and oxygen atoms in total. The molecule has 0 amide bonds. The quantitative estimate of drug-likeness (QED) is 0.911. The van der Waals surface area contributed by atoms with Crippen LogP contribution in [-0.2, 0) is 6.54 Å². The SMILES string of the molecule is CC(C)(C)NCc1nc(-c2cccc(F)c2)cs1. The van der Waals surface area contributed by atoms with Crippen molar-refractivity contribution in [2.75, 3.05) is 0 Å². The lowest BCUT2D eigenvalue weighted by molar-refractivity contribution is 0.424. The molecule has 96 valence electrons. The van der Waals surface area contributed by atoms with Crippen molar-refractivity contribution < 1.29 is 4.39 Å². The molecule has 2 rings (SSSR count). The Morgan fingerprint density at radius 2 is 2.11 bits per heavy atom. The third kappa shape index (κ3) is 3.62. The van der Waals surface area contributed by atoms with Gasteiger partial charge in [0.2, 0.25) is 0 Å². The third-order valence-electron chi connectivity index (χ3n) is 2.44. The van der Waals surface area contributed by atoms with Crippen LogP contribution in [0.3, 0.4) is 0 Å². The van der Waals surface area contributed by atoms with Crippen molar-refractivity contribution in [1.29, 1.82) is 0 Å². The van der Waals surface area contributed by atoms with Crippen LogP contribution in [0.4, 0.5) is 4.39 Å². The fourth-order valence-corrected chi connectivity index (χ4v) is 2.26. The molecule has 0 aliphatic heterocycles. The van der Waals surface area contributed by atoms with Crippen LogP contribution in [0.5, 0.6) is 0 Å². The molecule has 1 aromatic carbocycles. The highest BCUT2D eigenvalue weighted by atomic mass is 32.1. The van der Waals surface area contributed by atoms with E-state index in [0.29, 0.717) is 0 Å². The second-order valence-corrected chi connectivity index (χ2v) is 6.18. The maximum Gasteiger partial charge on any atom is 0.123 e. The molecule has 0 unspecified atom stereocenters. The van der Waals surface area contributed by atoms with Crippen molar-refractivity contribution in [3.8, 4) is 11.3 Å². The Morgan fingerprint density at radius 3 is 2.78 bits per heavy atom. The first-order chi connectivity index (χ1) is 8.44. The third-order valence-corrected chi connectivity index (χ3v) is 3.29. The average Bonchev–Trinajstić information content (AvgIpc) is 2.74. The van der Waals surface area contributed by atoms with E-state index in [1.807, 2.05) is 11.4 Å². The van der Waals surface area contributed by atoms with Gasteiger partial charge in [-0.05, 0) is 32.9 Å². The van der Waals surface area contributed by atoms with Crippen molar-refractivity contribution in [2.45, 2.75) is 32.9 Å². The topological polar surface area (TPSA) is 24.9 Å². The lowest BCUT2D eigenvalue weighted by atomic mass is 10.1. The van der Waals surface area contributed by atoms with Gasteiger partial charge in [-0.25, -0.2) is 9.37 Å². The predicted octanol–water partition coefficient (Wildman–Crippen LogP) is 3.84. The number of hydrogen-bond acceptors (Lipinski definition) is 3. The minimum atomic E-state index is -0.227. The summed E-state index contributed by atoms with van der Waals surface area (Å²) in [4.78, 5) is 4.51. The smallest absolute Gasteiger partial charge is 0.123 e. The monoisotopic (exact) mass is 264 g/mol. The highest BCUT2D eigenvalue weighted by molar-refractivity contribution is 7.09. The molecule has 2 aromatic rings. The molecule has 0 bridgehead atoms. The van der Waals surface area contributed by atoms with Crippen LogP contribution in [0.15, 0.2) is 29.6 Å². The Balaban J connectivity index is 2.11. The summed E-state index contributed by atoms with van der Waals surface area (Å²) in [6, 6.07) is 6.53. The van der Waals surface area contributed by atoms with E-state index < -0.39 is 0 Å². The summed E-state index contributed by atoms with van der Waals surface area (Å²) < 4.78 is 13.1. The lowest BCUT2D eigenvalue weighted by Gasteiger charge is -2.19. The van der Waals surface area contributed by atoms with Gasteiger partial charge < -0.3 is 5.32 Å². The summed E-state index contributed by atoms with van der Waals surface area (Å²) in [5, 5.41) is 6.37. The minimum Gasteiger partial charge on any atom is -0.306 e. The van der Waals surface area contributed by atoms with E-state index in [1.165, 1.54) is 12.1 Å². The number of benzene rings is 1. The highest BCUT2D eigenvalue weighted by Crippen LogP contribution is 2.22. The minimum absolute atomic E-state index is 0.0741. The molecule has 1 N–H and O–H groups in total. The van der Waals surface area contributed by atoms with Gasteiger partial charge in [0, 0.05) is 23.0 Å². The normalized spacial score (nSPS) is 11.8. The van der Waals surface area contributed by atoms with Gasteiger partial charge in [0.25, 0.3) is 0 Å². The highest BCUT2D eigenvalue weighted by Gasteiger charge is 2.11. The summed E-state index contributed by atoms with van der Waals surface area (Å²) in [7, 11) is 0. The molecule has 0 saturated heterocycles. The molecule has 0 fully saturated rings. The number of aromatic nitrogens is 1. The van der Waals surface area contributed by atoms with Crippen LogP contribution in [-0.4, -0.2) is 10.5 Å². The summed E-state index contributed by atoms with van der Waals surface area (Å²) in [6.45, 7) is 7.10. The molecule has 1 heterocycles. The van der Waals surface area contributed by atoms with Gasteiger partial charge in [0.1, 0.15) is 10.8 Å². The molecular weight excluding hydrogens is 247 g/mol. The van der Waals surface area contributed by atoms with Crippen molar-refractivity contribution >= 4 is 11.3 Å². The first-order valence-electron chi connectivity index (χ1n) is 5.89. The van der Waals surface area contributed by atoms with Gasteiger partial charge in [-0.3, -0.25) is 0 Å². The van der Waals surface area contributed by atoms with Crippen LogP contribution in [0.2, 0.25) is 0 Å². The van der Waals surface area contributed by atoms with Gasteiger partial charge in [-0.15, -0.1) is 11.3 Å². The van der Waals surface area contributed by atoms with Gasteiger partial charge in [0.15, 0.2) is 0 Å². The Hall–Kier alpha value is -1.26. The predicted molar refractivity (Wildman–Crippen MR) is 74.1 cm³/mol. The number of nitrogens with one attached hydrogen (secondary N) is 1. The zero-order valence-corrected chi connectivity index (χ0v) is 11.6. The summed E-state index contributed by atoms with van der Waals surface area (Å²) >= 11 is 1.59. The van der Waals surface area contributed by atoms with E-state index in [0.717, 1.165) is 22.8 Å². The second kappa shape index (κ2) is 5.16. The van der Waals surface area contributed by atoms with Crippen molar-refractivity contribution in [1.82, 2.24) is 10.3 Å². The molecule has 0 spiro atoms. The summed E-state index contributed by atoms with van der Waals surface area (Å²) in [5.41, 5.74) is 1.74. The van der Waals surface area contributed by atoms with Gasteiger partial charge in [-0.1, -0.05) is 12.1 Å². The second-order valence-electron chi connectivity index (χ2n) is 5.24. The van der Waals surface area contributed by atoms with Crippen LogP contribution in [0.25, 0.3) is 11.3 Å². The van der Waals surface area contributed by atoms with E-state index in [9.17, 15) is 4.39 Å². The molecule has 4 heteroatoms. The standard InChI is InChI=1S/C14H17FN2S/c1-14(2,3)16-8-13-17-12(9-18-13)10-5-4-6-11(15)7-10/h4-7,9,16H,8H2,1-3H3. The fourth-order valence-electron chi connectivity index (χ4n) is 1.51. The zero-order chi connectivity index (χ0) is 13.2. The molecular formula is C14H17FN2S. The van der Waals surface area contributed by atoms with Gasteiger partial charge >= 0.3 is 0 Å². The first kappa shape index (κ1) is 13.2. The molecule has 0 saturated carbocycles. The Morgan fingerprint density at radius 1 is 1.33 bits per heavy atom. The largest absolute Gasteiger partial charge is 0.306 e. The number of hydrogen-bond donors (Lipinski definition) is 1. The number of nitrogens with zero attached hydrogens (tertiary/aromatic N) is 1. The van der Waals surface area contributed by atoms with Crippen molar-refractivity contribution in [3.05, 3.63) is 40.5 Å². The van der Waals surface area contributed by atoms with Gasteiger partial charge in [0.05, 0.1) is 5.69 Å². The lowest BCUT2D eigenvalue weighted by Crippen LogP contribution is -2.34.